The summed E-state index contributed by atoms with van der Waals surface area (Å²) in [7, 11) is 1.48. The van der Waals surface area contributed by atoms with Gasteiger partial charge in [-0.05, 0) is 29.3 Å². The zero-order valence-corrected chi connectivity index (χ0v) is 10.8. The van der Waals surface area contributed by atoms with E-state index in [0.717, 1.165) is 10.5 Å². The molecule has 0 bridgehead atoms. The zero-order valence-electron chi connectivity index (χ0n) is 10.8. The summed E-state index contributed by atoms with van der Waals surface area (Å²) in [6, 6.07) is 10.0. The highest BCUT2D eigenvalue weighted by Gasteiger charge is 2.06. The molecule has 2 rings (SSSR count). The van der Waals surface area contributed by atoms with Crippen molar-refractivity contribution < 1.29 is 14.3 Å². The van der Waals surface area contributed by atoms with Gasteiger partial charge in [-0.15, -0.1) is 0 Å². The third-order valence-electron chi connectivity index (χ3n) is 2.79. The fourth-order valence-electron chi connectivity index (χ4n) is 1.63. The van der Waals surface area contributed by atoms with Gasteiger partial charge in [-0.3, -0.25) is 4.90 Å². The van der Waals surface area contributed by atoms with Gasteiger partial charge in [-0.25, -0.2) is 9.78 Å². The lowest BCUT2D eigenvalue weighted by Gasteiger charge is -2.12. The van der Waals surface area contributed by atoms with Crippen molar-refractivity contribution in [3.05, 3.63) is 59.7 Å². The van der Waals surface area contributed by atoms with Gasteiger partial charge in [0.2, 0.25) is 5.95 Å². The maximum absolute atomic E-state index is 12.9. The number of carboxylic acid groups (broad SMARTS) is 1. The van der Waals surface area contributed by atoms with Crippen LogP contribution in [0.1, 0.15) is 11.1 Å². The van der Waals surface area contributed by atoms with Gasteiger partial charge in [-0.1, -0.05) is 24.3 Å². The summed E-state index contributed by atoms with van der Waals surface area (Å²) in [5.41, 5.74) is 2.19. The fraction of sp³-hybridized carbons (Fsp3) is 0.0667. The number of anilines is 1. The van der Waals surface area contributed by atoms with Crippen LogP contribution in [0, 0.1) is 5.95 Å². The SMILES string of the molecule is CN(C(=O)O)c1ccc(/C=C/c2ccnc(F)c2)cc1. The number of nitrogens with zero attached hydrogens (tertiary/aromatic N) is 2. The molecule has 1 N–H and O–H groups in total. The second kappa shape index (κ2) is 5.97. The number of amides is 1. The Morgan fingerprint density at radius 3 is 2.45 bits per heavy atom. The van der Waals surface area contributed by atoms with Crippen molar-refractivity contribution in [3.63, 3.8) is 0 Å². The van der Waals surface area contributed by atoms with Crippen molar-refractivity contribution in [2.75, 3.05) is 11.9 Å². The van der Waals surface area contributed by atoms with Crippen LogP contribution < -0.4 is 4.90 Å². The number of rotatable bonds is 3. The monoisotopic (exact) mass is 272 g/mol. The summed E-state index contributed by atoms with van der Waals surface area (Å²) in [6.07, 6.45) is 3.97. The van der Waals surface area contributed by atoms with Crippen molar-refractivity contribution in [2.24, 2.45) is 0 Å². The molecule has 0 aliphatic heterocycles. The molecule has 0 aliphatic rings. The summed E-state index contributed by atoms with van der Waals surface area (Å²) in [5.74, 6) is -0.523. The minimum atomic E-state index is -1.01. The summed E-state index contributed by atoms with van der Waals surface area (Å²) < 4.78 is 12.9. The van der Waals surface area contributed by atoms with Crippen molar-refractivity contribution >= 4 is 23.9 Å². The van der Waals surface area contributed by atoms with E-state index in [-0.39, 0.29) is 0 Å². The van der Waals surface area contributed by atoms with Crippen LogP contribution in [0.5, 0.6) is 0 Å². The summed E-state index contributed by atoms with van der Waals surface area (Å²) in [4.78, 5) is 15.4. The van der Waals surface area contributed by atoms with Crippen LogP contribution in [-0.2, 0) is 0 Å². The largest absolute Gasteiger partial charge is 0.465 e. The van der Waals surface area contributed by atoms with E-state index >= 15 is 0 Å². The van der Waals surface area contributed by atoms with Gasteiger partial charge in [0.15, 0.2) is 0 Å². The number of aromatic nitrogens is 1. The first-order valence-electron chi connectivity index (χ1n) is 5.92. The van der Waals surface area contributed by atoms with E-state index in [2.05, 4.69) is 4.98 Å². The minimum Gasteiger partial charge on any atom is -0.465 e. The first-order valence-corrected chi connectivity index (χ1v) is 5.92. The number of carbonyl (C=O) groups is 1. The van der Waals surface area contributed by atoms with Gasteiger partial charge in [0.1, 0.15) is 0 Å². The number of hydrogen-bond acceptors (Lipinski definition) is 2. The molecule has 0 atom stereocenters. The maximum Gasteiger partial charge on any atom is 0.411 e. The molecule has 0 fully saturated rings. The van der Waals surface area contributed by atoms with Crippen LogP contribution in [0.3, 0.4) is 0 Å². The van der Waals surface area contributed by atoms with Crippen molar-refractivity contribution in [2.45, 2.75) is 0 Å². The number of benzene rings is 1. The molecule has 1 heterocycles. The molecule has 0 spiro atoms. The molecule has 4 nitrogen and oxygen atoms in total. The van der Waals surface area contributed by atoms with E-state index in [0.29, 0.717) is 11.3 Å². The topological polar surface area (TPSA) is 53.4 Å². The highest BCUT2D eigenvalue weighted by Crippen LogP contribution is 2.15. The lowest BCUT2D eigenvalue weighted by molar-refractivity contribution is 0.203. The van der Waals surface area contributed by atoms with Crippen molar-refractivity contribution in [1.82, 2.24) is 4.98 Å². The zero-order chi connectivity index (χ0) is 14.5. The average Bonchev–Trinajstić information content (AvgIpc) is 2.45. The molecule has 0 saturated carbocycles. The average molecular weight is 272 g/mol. The standard InChI is InChI=1S/C15H13FN2O2/c1-18(15(19)20)13-6-4-11(5-7-13)2-3-12-8-9-17-14(16)10-12/h2-10H,1H3,(H,19,20)/b3-2+. The van der Waals surface area contributed by atoms with Gasteiger partial charge in [0.05, 0.1) is 0 Å². The molecule has 1 aromatic carbocycles. The molecule has 5 heteroatoms. The molecular weight excluding hydrogens is 259 g/mol. The molecule has 102 valence electrons. The Morgan fingerprint density at radius 2 is 1.85 bits per heavy atom. The lowest BCUT2D eigenvalue weighted by Crippen LogP contribution is -2.23. The molecule has 1 amide bonds. The Morgan fingerprint density at radius 1 is 1.20 bits per heavy atom. The number of hydrogen-bond donors (Lipinski definition) is 1. The van der Waals surface area contributed by atoms with Gasteiger partial charge >= 0.3 is 6.09 Å². The lowest BCUT2D eigenvalue weighted by atomic mass is 10.1. The number of halogens is 1. The third kappa shape index (κ3) is 3.41. The second-order valence-corrected chi connectivity index (χ2v) is 4.18. The first-order chi connectivity index (χ1) is 9.56. The predicted octanol–water partition coefficient (Wildman–Crippen LogP) is 3.51. The Bertz CT molecular complexity index is 639. The fourth-order valence-corrected chi connectivity index (χ4v) is 1.63. The normalized spacial score (nSPS) is 10.7. The Balaban J connectivity index is 2.13. The van der Waals surface area contributed by atoms with Crippen LogP contribution in [-0.4, -0.2) is 23.2 Å². The van der Waals surface area contributed by atoms with E-state index in [1.54, 1.807) is 36.4 Å². The Kier molecular flexibility index (Phi) is 4.10. The van der Waals surface area contributed by atoms with Crippen LogP contribution in [0.2, 0.25) is 0 Å². The highest BCUT2D eigenvalue weighted by atomic mass is 19.1. The van der Waals surface area contributed by atoms with E-state index in [1.165, 1.54) is 19.3 Å². The van der Waals surface area contributed by atoms with E-state index in [9.17, 15) is 9.18 Å². The molecule has 0 unspecified atom stereocenters. The van der Waals surface area contributed by atoms with Gasteiger partial charge in [0, 0.05) is 25.0 Å². The molecule has 0 aliphatic carbocycles. The van der Waals surface area contributed by atoms with Gasteiger partial charge in [-0.2, -0.15) is 4.39 Å². The number of pyridine rings is 1. The summed E-state index contributed by atoms with van der Waals surface area (Å²) in [6.45, 7) is 0. The van der Waals surface area contributed by atoms with Gasteiger partial charge < -0.3 is 5.11 Å². The van der Waals surface area contributed by atoms with Crippen molar-refractivity contribution in [1.29, 1.82) is 0 Å². The second-order valence-electron chi connectivity index (χ2n) is 4.18. The van der Waals surface area contributed by atoms with Crippen LogP contribution in [0.4, 0.5) is 14.9 Å². The quantitative estimate of drug-likeness (QED) is 0.870. The molecule has 20 heavy (non-hydrogen) atoms. The summed E-state index contributed by atoms with van der Waals surface area (Å²) in [5, 5.41) is 8.85. The van der Waals surface area contributed by atoms with E-state index < -0.39 is 12.0 Å². The molecule has 1 aromatic heterocycles. The predicted molar refractivity (Wildman–Crippen MR) is 76.0 cm³/mol. The van der Waals surface area contributed by atoms with Gasteiger partial charge in [0.25, 0.3) is 0 Å². The molecule has 2 aromatic rings. The van der Waals surface area contributed by atoms with E-state index in [1.807, 2.05) is 6.08 Å². The Hall–Kier alpha value is -2.69. The van der Waals surface area contributed by atoms with Crippen LogP contribution in [0.25, 0.3) is 12.2 Å². The van der Waals surface area contributed by atoms with Crippen LogP contribution >= 0.6 is 0 Å². The molecule has 0 radical (unpaired) electrons. The third-order valence-corrected chi connectivity index (χ3v) is 2.79. The van der Waals surface area contributed by atoms with Crippen molar-refractivity contribution in [3.8, 4) is 0 Å². The Labute approximate surface area is 115 Å². The minimum absolute atomic E-state index is 0.523. The first kappa shape index (κ1) is 13.7. The van der Waals surface area contributed by atoms with Crippen LogP contribution in [0.15, 0.2) is 42.6 Å². The molecular formula is C15H13FN2O2. The highest BCUT2D eigenvalue weighted by molar-refractivity contribution is 5.85. The van der Waals surface area contributed by atoms with E-state index in [4.69, 9.17) is 5.11 Å². The molecule has 0 saturated heterocycles. The summed E-state index contributed by atoms with van der Waals surface area (Å²) >= 11 is 0. The smallest absolute Gasteiger partial charge is 0.411 e. The maximum atomic E-state index is 12.9.